The van der Waals surface area contributed by atoms with Gasteiger partial charge >= 0.3 is 5.22 Å². The summed E-state index contributed by atoms with van der Waals surface area (Å²) in [6.45, 7) is 0. The SMILES string of the molecule is CS(=O)(=O)c1nc2cc(Br)ccc2o1. The van der Waals surface area contributed by atoms with Crippen LogP contribution in [0, 0.1) is 0 Å². The maximum atomic E-state index is 11.1. The van der Waals surface area contributed by atoms with Gasteiger partial charge in [-0.2, -0.15) is 4.98 Å². The zero-order valence-electron chi connectivity index (χ0n) is 7.19. The minimum atomic E-state index is -3.37. The van der Waals surface area contributed by atoms with Gasteiger partial charge < -0.3 is 4.42 Å². The van der Waals surface area contributed by atoms with Crippen LogP contribution in [0.5, 0.6) is 0 Å². The van der Waals surface area contributed by atoms with Gasteiger partial charge in [-0.15, -0.1) is 0 Å². The van der Waals surface area contributed by atoms with Gasteiger partial charge in [0.15, 0.2) is 5.58 Å². The minimum Gasteiger partial charge on any atom is -0.428 e. The summed E-state index contributed by atoms with van der Waals surface area (Å²) in [7, 11) is -3.37. The number of fused-ring (bicyclic) bond motifs is 1. The first kappa shape index (κ1) is 9.67. The van der Waals surface area contributed by atoms with Crippen LogP contribution < -0.4 is 0 Å². The highest BCUT2D eigenvalue weighted by molar-refractivity contribution is 9.10. The first-order valence-corrected chi connectivity index (χ1v) is 6.41. The van der Waals surface area contributed by atoms with Crippen molar-refractivity contribution in [2.24, 2.45) is 0 Å². The molecule has 1 aromatic carbocycles. The summed E-state index contributed by atoms with van der Waals surface area (Å²) in [5.41, 5.74) is 0.994. The summed E-state index contributed by atoms with van der Waals surface area (Å²) in [6, 6.07) is 5.13. The smallest absolute Gasteiger partial charge is 0.315 e. The number of sulfone groups is 1. The maximum Gasteiger partial charge on any atom is 0.315 e. The number of aromatic nitrogens is 1. The van der Waals surface area contributed by atoms with Gasteiger partial charge in [-0.3, -0.25) is 0 Å². The third kappa shape index (κ3) is 1.67. The van der Waals surface area contributed by atoms with Crippen LogP contribution in [-0.2, 0) is 9.84 Å². The average molecular weight is 276 g/mol. The molecular weight excluding hydrogens is 270 g/mol. The number of rotatable bonds is 1. The second-order valence-electron chi connectivity index (χ2n) is 2.86. The van der Waals surface area contributed by atoms with E-state index in [4.69, 9.17) is 4.42 Å². The van der Waals surface area contributed by atoms with Gasteiger partial charge in [-0.25, -0.2) is 8.42 Å². The summed E-state index contributed by atoms with van der Waals surface area (Å²) < 4.78 is 28.1. The largest absolute Gasteiger partial charge is 0.428 e. The van der Waals surface area contributed by atoms with Crippen LogP contribution >= 0.6 is 15.9 Å². The van der Waals surface area contributed by atoms with Gasteiger partial charge in [0.05, 0.1) is 0 Å². The zero-order chi connectivity index (χ0) is 10.3. The summed E-state index contributed by atoms with van der Waals surface area (Å²) in [6.07, 6.45) is 1.06. The number of benzene rings is 1. The van der Waals surface area contributed by atoms with Crippen LogP contribution in [0.2, 0.25) is 0 Å². The van der Waals surface area contributed by atoms with E-state index in [1.807, 2.05) is 0 Å². The third-order valence-corrected chi connectivity index (χ3v) is 2.95. The predicted molar refractivity (Wildman–Crippen MR) is 54.8 cm³/mol. The van der Waals surface area contributed by atoms with Crippen LogP contribution in [0.3, 0.4) is 0 Å². The van der Waals surface area contributed by atoms with Crippen molar-refractivity contribution >= 4 is 36.9 Å². The van der Waals surface area contributed by atoms with E-state index in [0.29, 0.717) is 11.1 Å². The molecule has 2 rings (SSSR count). The summed E-state index contributed by atoms with van der Waals surface area (Å²) in [5.74, 6) is 0. The molecule has 14 heavy (non-hydrogen) atoms. The number of hydrogen-bond donors (Lipinski definition) is 0. The molecule has 0 aliphatic rings. The molecule has 1 aromatic heterocycles. The summed E-state index contributed by atoms with van der Waals surface area (Å²) in [5, 5.41) is -0.245. The van der Waals surface area contributed by atoms with Gasteiger partial charge in [0, 0.05) is 10.7 Å². The Morgan fingerprint density at radius 1 is 1.43 bits per heavy atom. The van der Waals surface area contributed by atoms with Crippen molar-refractivity contribution in [3.63, 3.8) is 0 Å². The van der Waals surface area contributed by atoms with Crippen LogP contribution in [-0.4, -0.2) is 19.7 Å². The lowest BCUT2D eigenvalue weighted by Gasteiger charge is -1.86. The quantitative estimate of drug-likeness (QED) is 0.799. The highest BCUT2D eigenvalue weighted by Gasteiger charge is 2.15. The lowest BCUT2D eigenvalue weighted by atomic mass is 10.3. The second-order valence-corrected chi connectivity index (χ2v) is 5.67. The summed E-state index contributed by atoms with van der Waals surface area (Å²) >= 11 is 3.26. The van der Waals surface area contributed by atoms with Crippen LogP contribution in [0.4, 0.5) is 0 Å². The Morgan fingerprint density at radius 2 is 2.14 bits per heavy atom. The number of nitrogens with zero attached hydrogens (tertiary/aromatic N) is 1. The highest BCUT2D eigenvalue weighted by Crippen LogP contribution is 2.22. The van der Waals surface area contributed by atoms with Gasteiger partial charge in [0.1, 0.15) is 5.52 Å². The van der Waals surface area contributed by atoms with E-state index in [1.165, 1.54) is 0 Å². The fourth-order valence-corrected chi connectivity index (χ4v) is 1.89. The fraction of sp³-hybridized carbons (Fsp3) is 0.125. The Hall–Kier alpha value is -0.880. The van der Waals surface area contributed by atoms with Crippen molar-refractivity contribution in [1.82, 2.24) is 4.98 Å². The molecule has 0 unspecified atom stereocenters. The first-order valence-electron chi connectivity index (χ1n) is 3.73. The molecule has 0 saturated heterocycles. The molecule has 0 atom stereocenters. The van der Waals surface area contributed by atoms with Crippen molar-refractivity contribution in [3.05, 3.63) is 22.7 Å². The zero-order valence-corrected chi connectivity index (χ0v) is 9.59. The molecule has 0 amide bonds. The van der Waals surface area contributed by atoms with Crippen molar-refractivity contribution in [2.75, 3.05) is 6.26 Å². The molecular formula is C8H6BrNO3S. The molecule has 74 valence electrons. The van der Waals surface area contributed by atoms with Gasteiger partial charge in [-0.1, -0.05) is 15.9 Å². The van der Waals surface area contributed by atoms with E-state index < -0.39 is 9.84 Å². The lowest BCUT2D eigenvalue weighted by Crippen LogP contribution is -1.96. The minimum absolute atomic E-state index is 0.245. The number of hydrogen-bond acceptors (Lipinski definition) is 4. The molecule has 0 aliphatic carbocycles. The van der Waals surface area contributed by atoms with Crippen LogP contribution in [0.15, 0.2) is 32.3 Å². The Kier molecular flexibility index (Phi) is 2.11. The maximum absolute atomic E-state index is 11.1. The lowest BCUT2D eigenvalue weighted by molar-refractivity contribution is 0.461. The Bertz CT molecular complexity index is 588. The van der Waals surface area contributed by atoms with Gasteiger partial charge in [0.25, 0.3) is 0 Å². The second kappa shape index (κ2) is 3.06. The summed E-state index contributed by atoms with van der Waals surface area (Å²) in [4.78, 5) is 3.86. The Morgan fingerprint density at radius 3 is 2.79 bits per heavy atom. The van der Waals surface area contributed by atoms with Crippen molar-refractivity contribution in [1.29, 1.82) is 0 Å². The number of oxazole rings is 1. The average Bonchev–Trinajstić information content (AvgIpc) is 2.45. The van der Waals surface area contributed by atoms with Gasteiger partial charge in [-0.05, 0) is 18.2 Å². The van der Waals surface area contributed by atoms with E-state index in [1.54, 1.807) is 18.2 Å². The van der Waals surface area contributed by atoms with Crippen LogP contribution in [0.1, 0.15) is 0 Å². The van der Waals surface area contributed by atoms with Crippen LogP contribution in [0.25, 0.3) is 11.1 Å². The molecule has 0 radical (unpaired) electrons. The standard InChI is InChI=1S/C8H6BrNO3S/c1-14(11,12)8-10-6-4-5(9)2-3-7(6)13-8/h2-4H,1H3. The topological polar surface area (TPSA) is 60.2 Å². The Balaban J connectivity index is 2.75. The Labute approximate surface area is 89.0 Å². The molecule has 6 heteroatoms. The van der Waals surface area contributed by atoms with E-state index in [-0.39, 0.29) is 5.22 Å². The van der Waals surface area contributed by atoms with Gasteiger partial charge in [0.2, 0.25) is 9.84 Å². The fourth-order valence-electron chi connectivity index (χ4n) is 1.04. The predicted octanol–water partition coefficient (Wildman–Crippen LogP) is 1.99. The molecule has 0 saturated carbocycles. The van der Waals surface area contributed by atoms with E-state index in [0.717, 1.165) is 10.7 Å². The van der Waals surface area contributed by atoms with E-state index >= 15 is 0 Å². The molecule has 0 spiro atoms. The molecule has 0 fully saturated rings. The molecule has 0 aliphatic heterocycles. The molecule has 0 bridgehead atoms. The van der Waals surface area contributed by atoms with E-state index in [9.17, 15) is 8.42 Å². The number of halogens is 1. The van der Waals surface area contributed by atoms with Crippen molar-refractivity contribution in [3.8, 4) is 0 Å². The monoisotopic (exact) mass is 275 g/mol. The van der Waals surface area contributed by atoms with Crippen molar-refractivity contribution < 1.29 is 12.8 Å². The van der Waals surface area contributed by atoms with Crippen molar-refractivity contribution in [2.45, 2.75) is 5.22 Å². The third-order valence-electron chi connectivity index (χ3n) is 1.65. The molecule has 0 N–H and O–H groups in total. The highest BCUT2D eigenvalue weighted by atomic mass is 79.9. The molecule has 2 aromatic rings. The van der Waals surface area contributed by atoms with E-state index in [2.05, 4.69) is 20.9 Å². The first-order chi connectivity index (χ1) is 6.47. The molecule has 1 heterocycles. The molecule has 4 nitrogen and oxygen atoms in total. The normalized spacial score (nSPS) is 12.1.